The zero-order valence-electron chi connectivity index (χ0n) is 17.2. The SMILES string of the molecule is CCNC(=NCCC1CCN(CC)CC1)N1CCOC(C2CCCO2)C1.I. The second kappa shape index (κ2) is 12.4. The third-order valence-electron chi connectivity index (χ3n) is 6.06. The Labute approximate surface area is 182 Å². The van der Waals surface area contributed by atoms with E-state index in [0.717, 1.165) is 64.1 Å². The second-order valence-corrected chi connectivity index (χ2v) is 7.81. The molecular weight excluding hydrogens is 455 g/mol. The number of hydrogen-bond acceptors (Lipinski definition) is 4. The van der Waals surface area contributed by atoms with Gasteiger partial charge in [0.25, 0.3) is 0 Å². The number of rotatable bonds is 6. The fourth-order valence-electron chi connectivity index (χ4n) is 4.36. The summed E-state index contributed by atoms with van der Waals surface area (Å²) in [4.78, 5) is 9.89. The molecule has 0 bridgehead atoms. The van der Waals surface area contributed by atoms with Crippen molar-refractivity contribution in [2.75, 3.05) is 59.0 Å². The molecule has 158 valence electrons. The zero-order chi connectivity index (χ0) is 18.2. The van der Waals surface area contributed by atoms with Crippen molar-refractivity contribution in [1.29, 1.82) is 0 Å². The van der Waals surface area contributed by atoms with Gasteiger partial charge in [-0.25, -0.2) is 0 Å². The van der Waals surface area contributed by atoms with Crippen LogP contribution in [0.4, 0.5) is 0 Å². The van der Waals surface area contributed by atoms with Crippen molar-refractivity contribution in [1.82, 2.24) is 15.1 Å². The predicted molar refractivity (Wildman–Crippen MR) is 121 cm³/mol. The Morgan fingerprint density at radius 1 is 1.04 bits per heavy atom. The van der Waals surface area contributed by atoms with Crippen LogP contribution in [0.3, 0.4) is 0 Å². The van der Waals surface area contributed by atoms with Crippen molar-refractivity contribution in [3.8, 4) is 0 Å². The van der Waals surface area contributed by atoms with Crippen LogP contribution in [0.15, 0.2) is 4.99 Å². The standard InChI is InChI=1S/C20H38N4O2.HI/c1-3-21-20(22-10-7-17-8-11-23(4-2)12-9-17)24-13-15-26-19(16-24)18-6-5-14-25-18;/h17-19H,3-16H2,1-2H3,(H,21,22);1H. The van der Waals surface area contributed by atoms with Gasteiger partial charge in [0, 0.05) is 32.8 Å². The Bertz CT molecular complexity index is 438. The number of guanidine groups is 1. The van der Waals surface area contributed by atoms with Crippen molar-refractivity contribution in [3.05, 3.63) is 0 Å². The highest BCUT2D eigenvalue weighted by molar-refractivity contribution is 14.0. The fraction of sp³-hybridized carbons (Fsp3) is 0.950. The molecule has 0 amide bonds. The lowest BCUT2D eigenvalue weighted by Crippen LogP contribution is -2.53. The van der Waals surface area contributed by atoms with Crippen LogP contribution < -0.4 is 5.32 Å². The molecule has 0 radical (unpaired) electrons. The zero-order valence-corrected chi connectivity index (χ0v) is 19.5. The summed E-state index contributed by atoms with van der Waals surface area (Å²) >= 11 is 0. The Morgan fingerprint density at radius 3 is 2.48 bits per heavy atom. The molecule has 3 aliphatic heterocycles. The summed E-state index contributed by atoms with van der Waals surface area (Å²) in [6.07, 6.45) is 6.62. The Balaban J connectivity index is 0.00000261. The normalized spacial score (nSPS) is 28.2. The lowest BCUT2D eigenvalue weighted by atomic mass is 9.94. The van der Waals surface area contributed by atoms with Crippen LogP contribution in [-0.2, 0) is 9.47 Å². The number of hydrogen-bond donors (Lipinski definition) is 1. The molecule has 3 fully saturated rings. The Hall–Kier alpha value is -0.120. The number of piperidine rings is 1. The number of aliphatic imine (C=N–C) groups is 1. The predicted octanol–water partition coefficient (Wildman–Crippen LogP) is 2.57. The van der Waals surface area contributed by atoms with E-state index in [1.54, 1.807) is 0 Å². The maximum absolute atomic E-state index is 5.99. The third kappa shape index (κ3) is 7.01. The van der Waals surface area contributed by atoms with E-state index in [2.05, 4.69) is 29.0 Å². The summed E-state index contributed by atoms with van der Waals surface area (Å²) in [6, 6.07) is 0. The van der Waals surface area contributed by atoms with Gasteiger partial charge < -0.3 is 24.6 Å². The van der Waals surface area contributed by atoms with Crippen LogP contribution in [0.25, 0.3) is 0 Å². The van der Waals surface area contributed by atoms with Crippen LogP contribution in [0.5, 0.6) is 0 Å². The minimum Gasteiger partial charge on any atom is -0.375 e. The van der Waals surface area contributed by atoms with E-state index in [9.17, 15) is 0 Å². The molecule has 0 saturated carbocycles. The number of morpholine rings is 1. The molecule has 7 heteroatoms. The maximum Gasteiger partial charge on any atom is 0.194 e. The number of halogens is 1. The quantitative estimate of drug-likeness (QED) is 0.350. The highest BCUT2D eigenvalue weighted by Crippen LogP contribution is 2.22. The average molecular weight is 494 g/mol. The molecule has 2 unspecified atom stereocenters. The first-order chi connectivity index (χ1) is 12.8. The molecule has 3 saturated heterocycles. The van der Waals surface area contributed by atoms with Crippen LogP contribution in [-0.4, -0.2) is 87.0 Å². The lowest BCUT2D eigenvalue weighted by Gasteiger charge is -2.37. The number of nitrogens with one attached hydrogen (secondary N) is 1. The molecule has 0 aromatic heterocycles. The number of likely N-dealkylation sites (tertiary alicyclic amines) is 1. The van der Waals surface area contributed by atoms with E-state index in [1.807, 2.05) is 0 Å². The van der Waals surface area contributed by atoms with E-state index in [4.69, 9.17) is 14.5 Å². The van der Waals surface area contributed by atoms with Crippen molar-refractivity contribution < 1.29 is 9.47 Å². The Morgan fingerprint density at radius 2 is 1.81 bits per heavy atom. The van der Waals surface area contributed by atoms with Crippen molar-refractivity contribution >= 4 is 29.9 Å². The van der Waals surface area contributed by atoms with Gasteiger partial charge >= 0.3 is 0 Å². The molecule has 0 aliphatic carbocycles. The molecular formula is C20H39IN4O2. The molecule has 3 aliphatic rings. The summed E-state index contributed by atoms with van der Waals surface area (Å²) in [5, 5.41) is 3.49. The smallest absolute Gasteiger partial charge is 0.194 e. The maximum atomic E-state index is 5.99. The third-order valence-corrected chi connectivity index (χ3v) is 6.06. The first-order valence-corrected chi connectivity index (χ1v) is 10.8. The van der Waals surface area contributed by atoms with Crippen molar-refractivity contribution in [3.63, 3.8) is 0 Å². The molecule has 3 heterocycles. The minimum absolute atomic E-state index is 0. The molecule has 0 aromatic carbocycles. The van der Waals surface area contributed by atoms with Gasteiger partial charge in [-0.2, -0.15) is 0 Å². The van der Waals surface area contributed by atoms with Gasteiger partial charge in [0.15, 0.2) is 5.96 Å². The molecule has 0 aromatic rings. The first kappa shape index (κ1) is 23.2. The number of ether oxygens (including phenoxy) is 2. The van der Waals surface area contributed by atoms with E-state index in [-0.39, 0.29) is 36.2 Å². The molecule has 27 heavy (non-hydrogen) atoms. The van der Waals surface area contributed by atoms with Crippen LogP contribution in [0.1, 0.15) is 46.0 Å². The summed E-state index contributed by atoms with van der Waals surface area (Å²) in [7, 11) is 0. The van der Waals surface area contributed by atoms with E-state index in [1.165, 1.54) is 38.9 Å². The van der Waals surface area contributed by atoms with Gasteiger partial charge in [-0.1, -0.05) is 6.92 Å². The van der Waals surface area contributed by atoms with Crippen LogP contribution >= 0.6 is 24.0 Å². The van der Waals surface area contributed by atoms with Crippen LogP contribution in [0, 0.1) is 5.92 Å². The highest BCUT2D eigenvalue weighted by Gasteiger charge is 2.32. The van der Waals surface area contributed by atoms with Crippen LogP contribution in [0.2, 0.25) is 0 Å². The molecule has 2 atom stereocenters. The topological polar surface area (TPSA) is 49.3 Å². The second-order valence-electron chi connectivity index (χ2n) is 7.81. The van der Waals surface area contributed by atoms with E-state index in [0.29, 0.717) is 0 Å². The minimum atomic E-state index is 0. The summed E-state index contributed by atoms with van der Waals surface area (Å²) in [5.41, 5.74) is 0. The lowest BCUT2D eigenvalue weighted by molar-refractivity contribution is -0.0817. The van der Waals surface area contributed by atoms with Crippen molar-refractivity contribution in [2.24, 2.45) is 10.9 Å². The number of nitrogens with zero attached hydrogens (tertiary/aromatic N) is 3. The van der Waals surface area contributed by atoms with Gasteiger partial charge in [0.1, 0.15) is 6.10 Å². The molecule has 0 spiro atoms. The monoisotopic (exact) mass is 494 g/mol. The van der Waals surface area contributed by atoms with Crippen molar-refractivity contribution in [2.45, 2.75) is 58.2 Å². The fourth-order valence-corrected chi connectivity index (χ4v) is 4.36. The summed E-state index contributed by atoms with van der Waals surface area (Å²) < 4.78 is 11.8. The largest absolute Gasteiger partial charge is 0.375 e. The highest BCUT2D eigenvalue weighted by atomic mass is 127. The van der Waals surface area contributed by atoms with Gasteiger partial charge in [-0.3, -0.25) is 4.99 Å². The molecule has 1 N–H and O–H groups in total. The first-order valence-electron chi connectivity index (χ1n) is 10.8. The molecule has 3 rings (SSSR count). The summed E-state index contributed by atoms with van der Waals surface area (Å²) in [6.45, 7) is 13.4. The van der Waals surface area contributed by atoms with Gasteiger partial charge in [0.05, 0.1) is 12.7 Å². The van der Waals surface area contributed by atoms with Gasteiger partial charge in [-0.05, 0) is 64.6 Å². The summed E-state index contributed by atoms with van der Waals surface area (Å²) in [5.74, 6) is 1.90. The van der Waals surface area contributed by atoms with Gasteiger partial charge in [-0.15, -0.1) is 24.0 Å². The molecule has 6 nitrogen and oxygen atoms in total. The van der Waals surface area contributed by atoms with Gasteiger partial charge in [0.2, 0.25) is 0 Å². The van der Waals surface area contributed by atoms with E-state index >= 15 is 0 Å². The Kier molecular flexibility index (Phi) is 10.7. The van der Waals surface area contributed by atoms with E-state index < -0.39 is 0 Å². The average Bonchev–Trinajstić information content (AvgIpc) is 3.23.